The van der Waals surface area contributed by atoms with Crippen molar-refractivity contribution >= 4 is 27.5 Å². The van der Waals surface area contributed by atoms with Crippen molar-refractivity contribution in [2.24, 2.45) is 0 Å². The first-order chi connectivity index (χ1) is 9.08. The van der Waals surface area contributed by atoms with Crippen LogP contribution in [0.3, 0.4) is 0 Å². The van der Waals surface area contributed by atoms with Crippen molar-refractivity contribution < 1.29 is 4.42 Å². The monoisotopic (exact) mass is 345 g/mol. The summed E-state index contributed by atoms with van der Waals surface area (Å²) in [7, 11) is 1.92. The molecule has 1 unspecified atom stereocenters. The predicted octanol–water partition coefficient (Wildman–Crippen LogP) is 3.72. The van der Waals surface area contributed by atoms with E-state index in [4.69, 9.17) is 16.0 Å². The van der Waals surface area contributed by atoms with Gasteiger partial charge in [0.25, 0.3) is 0 Å². The van der Waals surface area contributed by atoms with Crippen molar-refractivity contribution in [3.63, 3.8) is 0 Å². The van der Waals surface area contributed by atoms with E-state index in [-0.39, 0.29) is 6.04 Å². The number of furan rings is 1. The van der Waals surface area contributed by atoms with Crippen molar-refractivity contribution in [2.45, 2.75) is 32.9 Å². The third kappa shape index (κ3) is 2.88. The number of hydrogen-bond donors (Lipinski definition) is 1. The standard InChI is InChI=1S/C13H17BrClN3O/c1-4-18-11(12(14)8(2)17-18)7-10(16-3)9-5-6-19-13(9)15/h5-6,10,16H,4,7H2,1-3H3. The number of nitrogens with zero attached hydrogens (tertiary/aromatic N) is 2. The topological polar surface area (TPSA) is 43.0 Å². The number of likely N-dealkylation sites (N-methyl/N-ethyl adjacent to an activating group) is 1. The predicted molar refractivity (Wildman–Crippen MR) is 79.6 cm³/mol. The van der Waals surface area contributed by atoms with Gasteiger partial charge in [-0.3, -0.25) is 4.68 Å². The fraction of sp³-hybridized carbons (Fsp3) is 0.462. The molecule has 2 aromatic heterocycles. The molecule has 1 N–H and O–H groups in total. The van der Waals surface area contributed by atoms with Crippen molar-refractivity contribution in [3.05, 3.63) is 39.0 Å². The molecule has 0 radical (unpaired) electrons. The molecule has 2 rings (SSSR count). The molecule has 0 bridgehead atoms. The van der Waals surface area contributed by atoms with Gasteiger partial charge >= 0.3 is 0 Å². The summed E-state index contributed by atoms with van der Waals surface area (Å²) in [6.45, 7) is 4.93. The van der Waals surface area contributed by atoms with Crippen molar-refractivity contribution in [1.29, 1.82) is 0 Å². The summed E-state index contributed by atoms with van der Waals surface area (Å²) in [4.78, 5) is 0. The van der Waals surface area contributed by atoms with Gasteiger partial charge in [0, 0.05) is 24.6 Å². The second-order valence-electron chi connectivity index (χ2n) is 4.36. The van der Waals surface area contributed by atoms with Gasteiger partial charge in [0.15, 0.2) is 5.22 Å². The molecule has 0 aliphatic carbocycles. The zero-order chi connectivity index (χ0) is 14.0. The molecule has 1 atom stereocenters. The molecule has 0 fully saturated rings. The Bertz CT molecular complexity index is 564. The lowest BCUT2D eigenvalue weighted by Gasteiger charge is -2.16. The summed E-state index contributed by atoms with van der Waals surface area (Å²) in [5.74, 6) is 0. The van der Waals surface area contributed by atoms with E-state index in [1.54, 1.807) is 6.26 Å². The highest BCUT2D eigenvalue weighted by Gasteiger charge is 2.20. The van der Waals surface area contributed by atoms with Crippen LogP contribution >= 0.6 is 27.5 Å². The van der Waals surface area contributed by atoms with E-state index in [0.29, 0.717) is 5.22 Å². The van der Waals surface area contributed by atoms with Crippen molar-refractivity contribution in [1.82, 2.24) is 15.1 Å². The molecule has 4 nitrogen and oxygen atoms in total. The molecule has 0 saturated carbocycles. The number of halogens is 2. The van der Waals surface area contributed by atoms with Gasteiger partial charge in [0.1, 0.15) is 0 Å². The molecule has 104 valence electrons. The van der Waals surface area contributed by atoms with Gasteiger partial charge in [-0.1, -0.05) is 0 Å². The maximum Gasteiger partial charge on any atom is 0.197 e. The molecular weight excluding hydrogens is 330 g/mol. The van der Waals surface area contributed by atoms with Crippen LogP contribution in [0, 0.1) is 6.92 Å². The maximum absolute atomic E-state index is 6.06. The van der Waals surface area contributed by atoms with E-state index in [1.807, 2.05) is 24.7 Å². The summed E-state index contributed by atoms with van der Waals surface area (Å²) >= 11 is 9.67. The summed E-state index contributed by atoms with van der Waals surface area (Å²) < 4.78 is 8.24. The lowest BCUT2D eigenvalue weighted by Crippen LogP contribution is -2.20. The fourth-order valence-corrected chi connectivity index (χ4v) is 2.87. The summed E-state index contributed by atoms with van der Waals surface area (Å²) in [6, 6.07) is 2.00. The van der Waals surface area contributed by atoms with Gasteiger partial charge in [-0.15, -0.1) is 0 Å². The number of hydrogen-bond acceptors (Lipinski definition) is 3. The van der Waals surface area contributed by atoms with Crippen LogP contribution in [0.1, 0.15) is 29.9 Å². The minimum atomic E-state index is 0.101. The van der Waals surface area contributed by atoms with Crippen LogP contribution in [0.25, 0.3) is 0 Å². The number of aryl methyl sites for hydroxylation is 2. The third-order valence-corrected chi connectivity index (χ3v) is 4.56. The van der Waals surface area contributed by atoms with Crippen LogP contribution in [-0.4, -0.2) is 16.8 Å². The lowest BCUT2D eigenvalue weighted by atomic mass is 10.1. The van der Waals surface area contributed by atoms with Crippen LogP contribution in [0.2, 0.25) is 5.22 Å². The van der Waals surface area contributed by atoms with Crippen molar-refractivity contribution in [3.8, 4) is 0 Å². The highest BCUT2D eigenvalue weighted by Crippen LogP contribution is 2.30. The van der Waals surface area contributed by atoms with Gasteiger partial charge in [0.2, 0.25) is 0 Å². The van der Waals surface area contributed by atoms with Crippen molar-refractivity contribution in [2.75, 3.05) is 7.05 Å². The Kier molecular flexibility index (Phi) is 4.71. The number of aromatic nitrogens is 2. The Hall–Kier alpha value is -0.780. The van der Waals surface area contributed by atoms with Crippen LogP contribution in [0.15, 0.2) is 21.2 Å². The Balaban J connectivity index is 2.31. The maximum atomic E-state index is 6.06. The quantitative estimate of drug-likeness (QED) is 0.897. The molecule has 19 heavy (non-hydrogen) atoms. The van der Waals surface area contributed by atoms with Crippen LogP contribution in [-0.2, 0) is 13.0 Å². The second kappa shape index (κ2) is 6.11. The third-order valence-electron chi connectivity index (χ3n) is 3.22. The number of rotatable bonds is 5. The second-order valence-corrected chi connectivity index (χ2v) is 5.49. The highest BCUT2D eigenvalue weighted by atomic mass is 79.9. The zero-order valence-electron chi connectivity index (χ0n) is 11.2. The molecule has 0 aliphatic heterocycles. The Morgan fingerprint density at radius 2 is 2.32 bits per heavy atom. The SMILES string of the molecule is CCn1nc(C)c(Br)c1CC(NC)c1ccoc1Cl. The summed E-state index contributed by atoms with van der Waals surface area (Å²) in [5.41, 5.74) is 3.14. The lowest BCUT2D eigenvalue weighted by molar-refractivity contribution is 0.523. The van der Waals surface area contributed by atoms with E-state index in [9.17, 15) is 0 Å². The van der Waals surface area contributed by atoms with Gasteiger partial charge in [-0.05, 0) is 54.5 Å². The highest BCUT2D eigenvalue weighted by molar-refractivity contribution is 9.10. The van der Waals surface area contributed by atoms with E-state index < -0.39 is 0 Å². The van der Waals surface area contributed by atoms with E-state index in [2.05, 4.69) is 33.3 Å². The molecule has 0 spiro atoms. The molecule has 6 heteroatoms. The first-order valence-electron chi connectivity index (χ1n) is 6.20. The molecule has 0 amide bonds. The summed E-state index contributed by atoms with van der Waals surface area (Å²) in [5, 5.41) is 8.22. The van der Waals surface area contributed by atoms with E-state index >= 15 is 0 Å². The van der Waals surface area contributed by atoms with Gasteiger partial charge < -0.3 is 9.73 Å². The average molecular weight is 347 g/mol. The fourth-order valence-electron chi connectivity index (χ4n) is 2.18. The Morgan fingerprint density at radius 3 is 2.84 bits per heavy atom. The first kappa shape index (κ1) is 14.6. The average Bonchev–Trinajstić information content (AvgIpc) is 2.93. The Morgan fingerprint density at radius 1 is 1.58 bits per heavy atom. The van der Waals surface area contributed by atoms with Crippen LogP contribution in [0.5, 0.6) is 0 Å². The minimum Gasteiger partial charge on any atom is -0.453 e. The van der Waals surface area contributed by atoms with Gasteiger partial charge in [-0.2, -0.15) is 5.10 Å². The first-order valence-corrected chi connectivity index (χ1v) is 7.37. The van der Waals surface area contributed by atoms with E-state index in [0.717, 1.165) is 34.4 Å². The van der Waals surface area contributed by atoms with Gasteiger partial charge in [-0.25, -0.2) is 0 Å². The van der Waals surface area contributed by atoms with Crippen LogP contribution < -0.4 is 5.32 Å². The van der Waals surface area contributed by atoms with Gasteiger partial charge in [0.05, 0.1) is 22.1 Å². The molecule has 2 aromatic rings. The summed E-state index contributed by atoms with van der Waals surface area (Å²) in [6.07, 6.45) is 2.41. The largest absolute Gasteiger partial charge is 0.453 e. The molecular formula is C13H17BrClN3O. The smallest absolute Gasteiger partial charge is 0.197 e. The molecule has 0 saturated heterocycles. The molecule has 0 aromatic carbocycles. The molecule has 0 aliphatic rings. The van der Waals surface area contributed by atoms with Crippen LogP contribution in [0.4, 0.5) is 0 Å². The Labute approximate surface area is 126 Å². The number of nitrogens with one attached hydrogen (secondary N) is 1. The zero-order valence-corrected chi connectivity index (χ0v) is 13.5. The minimum absolute atomic E-state index is 0.101. The molecule has 2 heterocycles. The van der Waals surface area contributed by atoms with E-state index in [1.165, 1.54) is 0 Å². The normalized spacial score (nSPS) is 12.9.